The van der Waals surface area contributed by atoms with Gasteiger partial charge in [-0.2, -0.15) is 0 Å². The van der Waals surface area contributed by atoms with Crippen LogP contribution in [0.15, 0.2) is 0 Å². The quantitative estimate of drug-likeness (QED) is 0.221. The van der Waals surface area contributed by atoms with Crippen LogP contribution in [0.1, 0.15) is 34.6 Å². The monoisotopic (exact) mass is 421 g/mol. The number of likely N-dealkylation sites (N-methyl/N-ethyl adjacent to an activating group) is 2. The predicted molar refractivity (Wildman–Crippen MR) is 103 cm³/mol. The number of ether oxygens (including phenoxy) is 2. The lowest BCUT2D eigenvalue weighted by atomic mass is 9.74. The van der Waals surface area contributed by atoms with Crippen LogP contribution in [0, 0.1) is 10.1 Å². The van der Waals surface area contributed by atoms with Gasteiger partial charge in [-0.05, 0) is 33.1 Å². The molecule has 6 atom stereocenters. The van der Waals surface area contributed by atoms with Crippen LogP contribution in [-0.4, -0.2) is 111 Å². The third kappa shape index (κ3) is 3.73. The minimum atomic E-state index is -1.78. The number of fused-ring (bicyclic) bond motifs is 1. The molecule has 11 nitrogen and oxygen atoms in total. The Bertz CT molecular complexity index is 547. The van der Waals surface area contributed by atoms with Gasteiger partial charge in [0.1, 0.15) is 36.2 Å². The second-order valence-electron chi connectivity index (χ2n) is 7.57. The highest BCUT2D eigenvalue weighted by Gasteiger charge is 2.71. The lowest BCUT2D eigenvalue weighted by Gasteiger charge is -2.60. The van der Waals surface area contributed by atoms with Crippen molar-refractivity contribution in [3.63, 3.8) is 0 Å². The lowest BCUT2D eigenvalue weighted by molar-refractivity contribution is -0.770. The zero-order valence-corrected chi connectivity index (χ0v) is 17.9. The van der Waals surface area contributed by atoms with E-state index in [1.54, 1.807) is 0 Å². The van der Waals surface area contributed by atoms with Crippen molar-refractivity contribution < 1.29 is 34.7 Å². The molecule has 0 bridgehead atoms. The molecule has 0 spiro atoms. The summed E-state index contributed by atoms with van der Waals surface area (Å²) in [4.78, 5) is 19.4. The molecule has 2 fully saturated rings. The number of hydrogen-bond acceptors (Lipinski definition) is 10. The first-order valence-electron chi connectivity index (χ1n) is 10.3. The molecule has 0 saturated carbocycles. The van der Waals surface area contributed by atoms with Gasteiger partial charge in [-0.15, -0.1) is 10.1 Å². The minimum Gasteiger partial charge on any atom is -0.388 e. The number of rotatable bonds is 11. The van der Waals surface area contributed by atoms with E-state index in [-0.39, 0.29) is 13.2 Å². The van der Waals surface area contributed by atoms with E-state index in [1.807, 2.05) is 37.5 Å². The maximum absolute atomic E-state index is 12.1. The van der Waals surface area contributed by atoms with Crippen molar-refractivity contribution in [1.29, 1.82) is 0 Å². The second-order valence-corrected chi connectivity index (χ2v) is 7.57. The number of hydrogen-bond donors (Lipinski definition) is 3. The fourth-order valence-electron chi connectivity index (χ4n) is 5.13. The summed E-state index contributed by atoms with van der Waals surface area (Å²) in [6.45, 7) is 10.5. The normalized spacial score (nSPS) is 31.9. The van der Waals surface area contributed by atoms with Crippen molar-refractivity contribution in [3.8, 4) is 0 Å². The molecule has 0 aromatic carbocycles. The highest BCUT2D eigenvalue weighted by Crippen LogP contribution is 2.47. The molecule has 0 aliphatic carbocycles. The SMILES string of the molecule is CCN(CC)C(C(O)C(C)O[N+](=O)[O-])(N(CC)CC)[C@]1(O)CO[C@@H]2[C@@H](O)CO[C@@H]21. The Morgan fingerprint density at radius 2 is 1.72 bits per heavy atom. The van der Waals surface area contributed by atoms with E-state index in [2.05, 4.69) is 0 Å². The van der Waals surface area contributed by atoms with E-state index >= 15 is 0 Å². The van der Waals surface area contributed by atoms with Gasteiger partial charge in [0, 0.05) is 0 Å². The molecule has 2 heterocycles. The second kappa shape index (κ2) is 9.38. The van der Waals surface area contributed by atoms with Crippen molar-refractivity contribution in [3.05, 3.63) is 10.1 Å². The van der Waals surface area contributed by atoms with Crippen LogP contribution >= 0.6 is 0 Å². The van der Waals surface area contributed by atoms with Crippen LogP contribution in [0.3, 0.4) is 0 Å². The van der Waals surface area contributed by atoms with Crippen LogP contribution in [-0.2, 0) is 14.3 Å². The molecular weight excluding hydrogens is 386 g/mol. The van der Waals surface area contributed by atoms with Crippen LogP contribution in [0.5, 0.6) is 0 Å². The third-order valence-corrected chi connectivity index (χ3v) is 6.33. The van der Waals surface area contributed by atoms with E-state index in [1.165, 1.54) is 6.92 Å². The van der Waals surface area contributed by atoms with E-state index in [0.29, 0.717) is 26.2 Å². The third-order valence-electron chi connectivity index (χ3n) is 6.33. The molecule has 2 aliphatic rings. The van der Waals surface area contributed by atoms with Crippen molar-refractivity contribution in [2.45, 2.75) is 76.4 Å². The molecule has 11 heteroatoms. The Kier molecular flexibility index (Phi) is 7.82. The topological polar surface area (TPSA) is 138 Å². The van der Waals surface area contributed by atoms with Gasteiger partial charge < -0.3 is 29.6 Å². The average molecular weight is 421 g/mol. The van der Waals surface area contributed by atoms with Gasteiger partial charge in [0.05, 0.1) is 13.2 Å². The summed E-state index contributed by atoms with van der Waals surface area (Å²) in [6.07, 6.45) is -5.27. The van der Waals surface area contributed by atoms with Crippen LogP contribution < -0.4 is 0 Å². The van der Waals surface area contributed by atoms with E-state index in [4.69, 9.17) is 14.3 Å². The number of nitrogens with zero attached hydrogens (tertiary/aromatic N) is 3. The van der Waals surface area contributed by atoms with Gasteiger partial charge >= 0.3 is 0 Å². The molecular formula is C18H35N3O8. The minimum absolute atomic E-state index is 0.00126. The van der Waals surface area contributed by atoms with Crippen LogP contribution in [0.4, 0.5) is 0 Å². The van der Waals surface area contributed by atoms with Crippen LogP contribution in [0.2, 0.25) is 0 Å². The van der Waals surface area contributed by atoms with E-state index < -0.39 is 46.9 Å². The molecule has 3 N–H and O–H groups in total. The summed E-state index contributed by atoms with van der Waals surface area (Å²) in [5.41, 5.74) is -3.29. The molecule has 0 radical (unpaired) electrons. The first kappa shape index (κ1) is 24.2. The highest BCUT2D eigenvalue weighted by atomic mass is 17.0. The molecule has 0 amide bonds. The molecule has 2 rings (SSSR count). The zero-order valence-electron chi connectivity index (χ0n) is 17.9. The Balaban J connectivity index is 2.69. The number of aliphatic hydroxyl groups is 3. The van der Waals surface area contributed by atoms with Gasteiger partial charge in [-0.3, -0.25) is 9.80 Å². The predicted octanol–water partition coefficient (Wildman–Crippen LogP) is -0.786. The average Bonchev–Trinajstić information content (AvgIpc) is 3.22. The summed E-state index contributed by atoms with van der Waals surface area (Å²) in [6, 6.07) is 0. The maximum atomic E-state index is 12.1. The first-order valence-corrected chi connectivity index (χ1v) is 10.3. The Hall–Kier alpha value is -1.08. The summed E-state index contributed by atoms with van der Waals surface area (Å²) >= 11 is 0. The lowest BCUT2D eigenvalue weighted by Crippen LogP contribution is -2.82. The van der Waals surface area contributed by atoms with Crippen molar-refractivity contribution in [2.24, 2.45) is 0 Å². The maximum Gasteiger partial charge on any atom is 0.294 e. The molecule has 0 aromatic rings. The first-order chi connectivity index (χ1) is 13.6. The molecule has 170 valence electrons. The highest BCUT2D eigenvalue weighted by molar-refractivity contribution is 5.20. The molecule has 0 aromatic heterocycles. The van der Waals surface area contributed by atoms with Crippen LogP contribution in [0.25, 0.3) is 0 Å². The van der Waals surface area contributed by atoms with Gasteiger partial charge in [0.15, 0.2) is 5.60 Å². The van der Waals surface area contributed by atoms with Gasteiger partial charge in [-0.1, -0.05) is 27.7 Å². The summed E-state index contributed by atoms with van der Waals surface area (Å²) in [7, 11) is 0. The Morgan fingerprint density at radius 1 is 1.21 bits per heavy atom. The van der Waals surface area contributed by atoms with Crippen molar-refractivity contribution in [1.82, 2.24) is 9.80 Å². The fourth-order valence-corrected chi connectivity index (χ4v) is 5.13. The molecule has 2 saturated heterocycles. The van der Waals surface area contributed by atoms with Gasteiger partial charge in [0.2, 0.25) is 0 Å². The van der Waals surface area contributed by atoms with Gasteiger partial charge in [-0.25, -0.2) is 0 Å². The van der Waals surface area contributed by atoms with E-state index in [0.717, 1.165) is 0 Å². The van der Waals surface area contributed by atoms with Gasteiger partial charge in [0.25, 0.3) is 5.09 Å². The molecule has 2 unspecified atom stereocenters. The summed E-state index contributed by atoms with van der Waals surface area (Å²) in [5, 5.41) is 43.8. The van der Waals surface area contributed by atoms with Crippen molar-refractivity contribution >= 4 is 0 Å². The summed E-state index contributed by atoms with van der Waals surface area (Å²) < 4.78 is 11.5. The fraction of sp³-hybridized carbons (Fsp3) is 1.00. The molecule has 29 heavy (non-hydrogen) atoms. The standard InChI is InChI=1S/C18H35N3O8/c1-6-19(7-2)18(20(8-3)9-4,15(23)12(5)29-21(25)26)17(24)11-28-14-13(22)10-27-16(14)17/h12-16,22-24H,6-11H2,1-5H3/t12?,13-,14+,15?,16-,17-/m0/s1. The number of aliphatic hydroxyl groups excluding tert-OH is 2. The molecule has 2 aliphatic heterocycles. The zero-order chi connectivity index (χ0) is 22.0. The smallest absolute Gasteiger partial charge is 0.294 e. The Labute approximate surface area is 171 Å². The summed E-state index contributed by atoms with van der Waals surface area (Å²) in [5.74, 6) is 0. The Morgan fingerprint density at radius 3 is 2.17 bits per heavy atom. The largest absolute Gasteiger partial charge is 0.388 e. The van der Waals surface area contributed by atoms with Crippen molar-refractivity contribution in [2.75, 3.05) is 39.4 Å². The van der Waals surface area contributed by atoms with E-state index in [9.17, 15) is 25.4 Å².